The standard InChI is InChI=1S/C14H16BrClN2OS/c1-9-8-20-14(18-9)13(17-5-6-19-2)11-7-10(15)3-4-12(11)16/h3-4,7-8,13,17H,5-6H2,1-2H3. The van der Waals surface area contributed by atoms with Gasteiger partial charge in [-0.3, -0.25) is 0 Å². The summed E-state index contributed by atoms with van der Waals surface area (Å²) in [6.45, 7) is 3.38. The van der Waals surface area contributed by atoms with Crippen molar-refractivity contribution < 1.29 is 4.74 Å². The quantitative estimate of drug-likeness (QED) is 0.769. The molecule has 0 saturated carbocycles. The number of hydrogen-bond acceptors (Lipinski definition) is 4. The molecule has 0 aliphatic carbocycles. The molecule has 0 saturated heterocycles. The predicted octanol–water partition coefficient (Wildman–Crippen LogP) is 4.19. The van der Waals surface area contributed by atoms with Crippen LogP contribution in [0.5, 0.6) is 0 Å². The van der Waals surface area contributed by atoms with Crippen molar-refractivity contribution in [2.24, 2.45) is 0 Å². The van der Waals surface area contributed by atoms with Gasteiger partial charge in [0.05, 0.1) is 12.6 Å². The first-order valence-corrected chi connectivity index (χ1v) is 8.26. The lowest BCUT2D eigenvalue weighted by atomic mass is 10.1. The van der Waals surface area contributed by atoms with E-state index in [4.69, 9.17) is 16.3 Å². The molecule has 0 fully saturated rings. The number of rotatable bonds is 6. The zero-order valence-electron chi connectivity index (χ0n) is 11.3. The number of methoxy groups -OCH3 is 1. The smallest absolute Gasteiger partial charge is 0.114 e. The van der Waals surface area contributed by atoms with E-state index in [1.165, 1.54) is 0 Å². The summed E-state index contributed by atoms with van der Waals surface area (Å²) < 4.78 is 6.10. The lowest BCUT2D eigenvalue weighted by Gasteiger charge is -2.18. The van der Waals surface area contributed by atoms with Crippen molar-refractivity contribution in [3.63, 3.8) is 0 Å². The van der Waals surface area contributed by atoms with E-state index in [2.05, 4.69) is 26.2 Å². The Hall–Kier alpha value is -0.460. The molecule has 0 aliphatic heterocycles. The summed E-state index contributed by atoms with van der Waals surface area (Å²) in [4.78, 5) is 4.58. The zero-order valence-corrected chi connectivity index (χ0v) is 14.5. The van der Waals surface area contributed by atoms with E-state index in [-0.39, 0.29) is 6.04 Å². The van der Waals surface area contributed by atoms with E-state index < -0.39 is 0 Å². The van der Waals surface area contributed by atoms with Gasteiger partial charge in [0, 0.05) is 34.2 Å². The number of benzene rings is 1. The van der Waals surface area contributed by atoms with Crippen molar-refractivity contribution in [1.29, 1.82) is 0 Å². The monoisotopic (exact) mass is 374 g/mol. The Kier molecular flexibility index (Phi) is 5.99. The maximum Gasteiger partial charge on any atom is 0.114 e. The van der Waals surface area contributed by atoms with Crippen molar-refractivity contribution >= 4 is 38.9 Å². The summed E-state index contributed by atoms with van der Waals surface area (Å²) in [5.41, 5.74) is 2.04. The summed E-state index contributed by atoms with van der Waals surface area (Å²) in [5, 5.41) is 7.25. The molecule has 1 heterocycles. The molecule has 2 aromatic rings. The Labute approximate surface area is 136 Å². The van der Waals surface area contributed by atoms with Crippen LogP contribution in [0.3, 0.4) is 0 Å². The van der Waals surface area contributed by atoms with Gasteiger partial charge in [0.25, 0.3) is 0 Å². The van der Waals surface area contributed by atoms with E-state index in [0.717, 1.165) is 32.3 Å². The van der Waals surface area contributed by atoms with Gasteiger partial charge in [-0.15, -0.1) is 11.3 Å². The van der Waals surface area contributed by atoms with Crippen LogP contribution in [-0.2, 0) is 4.74 Å². The third kappa shape index (κ3) is 4.02. The van der Waals surface area contributed by atoms with Gasteiger partial charge in [-0.25, -0.2) is 4.98 Å². The SMILES string of the molecule is COCCNC(c1nc(C)cs1)c1cc(Br)ccc1Cl. The van der Waals surface area contributed by atoms with Crippen LogP contribution in [-0.4, -0.2) is 25.2 Å². The van der Waals surface area contributed by atoms with Crippen molar-refractivity contribution in [3.8, 4) is 0 Å². The Morgan fingerprint density at radius 1 is 1.50 bits per heavy atom. The number of nitrogens with zero attached hydrogens (tertiary/aromatic N) is 1. The first-order valence-electron chi connectivity index (χ1n) is 6.21. The summed E-state index contributed by atoms with van der Waals surface area (Å²) in [6.07, 6.45) is 0. The molecular formula is C14H16BrClN2OS. The average molecular weight is 376 g/mol. The molecule has 1 N–H and O–H groups in total. The van der Waals surface area contributed by atoms with Crippen LogP contribution in [0.15, 0.2) is 28.1 Å². The van der Waals surface area contributed by atoms with Crippen molar-refractivity contribution in [1.82, 2.24) is 10.3 Å². The minimum absolute atomic E-state index is 0.0196. The van der Waals surface area contributed by atoms with Gasteiger partial charge in [-0.1, -0.05) is 27.5 Å². The van der Waals surface area contributed by atoms with Crippen LogP contribution in [0.1, 0.15) is 22.3 Å². The molecular weight excluding hydrogens is 360 g/mol. The lowest BCUT2D eigenvalue weighted by molar-refractivity contribution is 0.197. The highest BCUT2D eigenvalue weighted by atomic mass is 79.9. The molecule has 1 aromatic carbocycles. The molecule has 3 nitrogen and oxygen atoms in total. The predicted molar refractivity (Wildman–Crippen MR) is 87.7 cm³/mol. The zero-order chi connectivity index (χ0) is 14.5. The Bertz CT molecular complexity index is 576. The highest BCUT2D eigenvalue weighted by Crippen LogP contribution is 2.32. The van der Waals surface area contributed by atoms with Gasteiger partial charge in [0.1, 0.15) is 5.01 Å². The molecule has 1 aromatic heterocycles. The Balaban J connectivity index is 2.32. The van der Waals surface area contributed by atoms with Crippen LogP contribution >= 0.6 is 38.9 Å². The summed E-state index contributed by atoms with van der Waals surface area (Å²) >= 11 is 11.5. The molecule has 0 spiro atoms. The second-order valence-corrected chi connectivity index (χ2v) is 6.59. The number of aryl methyl sites for hydroxylation is 1. The molecule has 0 radical (unpaired) electrons. The molecule has 0 aliphatic rings. The third-order valence-corrected chi connectivity index (χ3v) is 4.67. The Morgan fingerprint density at radius 2 is 2.30 bits per heavy atom. The van der Waals surface area contributed by atoms with Gasteiger partial charge in [0.2, 0.25) is 0 Å². The summed E-state index contributed by atoms with van der Waals surface area (Å²) in [5.74, 6) is 0. The normalized spacial score (nSPS) is 12.6. The van der Waals surface area contributed by atoms with Crippen LogP contribution in [0.4, 0.5) is 0 Å². The van der Waals surface area contributed by atoms with Gasteiger partial charge in [-0.2, -0.15) is 0 Å². The molecule has 20 heavy (non-hydrogen) atoms. The van der Waals surface area contributed by atoms with E-state index in [0.29, 0.717) is 6.61 Å². The first kappa shape index (κ1) is 15.9. The molecule has 0 amide bonds. The van der Waals surface area contributed by atoms with Crippen molar-refractivity contribution in [3.05, 3.63) is 49.3 Å². The van der Waals surface area contributed by atoms with Gasteiger partial charge < -0.3 is 10.1 Å². The van der Waals surface area contributed by atoms with Gasteiger partial charge in [0.15, 0.2) is 0 Å². The van der Waals surface area contributed by atoms with Gasteiger partial charge in [-0.05, 0) is 30.7 Å². The van der Waals surface area contributed by atoms with Crippen LogP contribution in [0.2, 0.25) is 5.02 Å². The minimum atomic E-state index is -0.0196. The fourth-order valence-corrected chi connectivity index (χ4v) is 3.37. The number of ether oxygens (including phenoxy) is 1. The second-order valence-electron chi connectivity index (χ2n) is 4.37. The van der Waals surface area contributed by atoms with Gasteiger partial charge >= 0.3 is 0 Å². The Morgan fingerprint density at radius 3 is 2.95 bits per heavy atom. The molecule has 1 atom stereocenters. The van der Waals surface area contributed by atoms with Crippen molar-refractivity contribution in [2.45, 2.75) is 13.0 Å². The van der Waals surface area contributed by atoms with E-state index in [1.807, 2.05) is 30.5 Å². The van der Waals surface area contributed by atoms with E-state index in [1.54, 1.807) is 18.4 Å². The molecule has 6 heteroatoms. The van der Waals surface area contributed by atoms with Crippen molar-refractivity contribution in [2.75, 3.05) is 20.3 Å². The lowest BCUT2D eigenvalue weighted by Crippen LogP contribution is -2.26. The van der Waals surface area contributed by atoms with Crippen LogP contribution in [0, 0.1) is 6.92 Å². The summed E-state index contributed by atoms with van der Waals surface area (Å²) in [6, 6.07) is 5.84. The first-order chi connectivity index (χ1) is 9.61. The molecule has 1 unspecified atom stereocenters. The van der Waals surface area contributed by atoms with Crippen LogP contribution < -0.4 is 5.32 Å². The maximum atomic E-state index is 6.35. The number of thiazole rings is 1. The van der Waals surface area contributed by atoms with Crippen LogP contribution in [0.25, 0.3) is 0 Å². The molecule has 2 rings (SSSR count). The molecule has 108 valence electrons. The molecule has 0 bridgehead atoms. The van der Waals surface area contributed by atoms with E-state index in [9.17, 15) is 0 Å². The highest BCUT2D eigenvalue weighted by Gasteiger charge is 2.19. The largest absolute Gasteiger partial charge is 0.383 e. The number of hydrogen-bond donors (Lipinski definition) is 1. The topological polar surface area (TPSA) is 34.1 Å². The number of halogens is 2. The third-order valence-electron chi connectivity index (χ3n) is 2.81. The average Bonchev–Trinajstić information content (AvgIpc) is 2.84. The minimum Gasteiger partial charge on any atom is -0.383 e. The highest BCUT2D eigenvalue weighted by molar-refractivity contribution is 9.10. The number of aromatic nitrogens is 1. The van der Waals surface area contributed by atoms with E-state index >= 15 is 0 Å². The fourth-order valence-electron chi connectivity index (χ4n) is 1.88. The maximum absolute atomic E-state index is 6.35. The summed E-state index contributed by atoms with van der Waals surface area (Å²) in [7, 11) is 1.69. The second kappa shape index (κ2) is 7.52. The fraction of sp³-hybridized carbons (Fsp3) is 0.357. The number of nitrogens with one attached hydrogen (secondary N) is 1.